The molecule has 0 bridgehead atoms. The number of carbonyl (C=O) groups excluding carboxylic acids is 1. The van der Waals surface area contributed by atoms with Gasteiger partial charge < -0.3 is 15.2 Å². The molecule has 0 spiro atoms. The normalized spacial score (nSPS) is 12.0. The molecule has 1 unspecified atom stereocenters. The summed E-state index contributed by atoms with van der Waals surface area (Å²) in [5.74, 6) is -1.84. The van der Waals surface area contributed by atoms with E-state index < -0.39 is 23.7 Å². The number of halogens is 1. The number of methoxy groups -OCH3 is 1. The van der Waals surface area contributed by atoms with Crippen LogP contribution in [0.5, 0.6) is 5.75 Å². The first-order valence-electron chi connectivity index (χ1n) is 6.34. The van der Waals surface area contributed by atoms with Gasteiger partial charge in [-0.05, 0) is 24.7 Å². The number of ether oxygens (including phenoxy) is 1. The molecule has 1 atom stereocenters. The molecule has 0 aliphatic heterocycles. The number of aliphatic carboxylic acids is 1. The monoisotopic (exact) mass is 298 g/mol. The van der Waals surface area contributed by atoms with E-state index in [0.717, 1.165) is 0 Å². The largest absolute Gasteiger partial charge is 0.494 e. The van der Waals surface area contributed by atoms with Crippen LogP contribution in [0.4, 0.5) is 4.39 Å². The zero-order valence-corrected chi connectivity index (χ0v) is 12.2. The SMILES string of the molecule is COc1ccc(CN(C)CC(NC(C)=O)C(=O)O)cc1F. The molecule has 1 aromatic carbocycles. The summed E-state index contributed by atoms with van der Waals surface area (Å²) in [6.45, 7) is 1.72. The van der Waals surface area contributed by atoms with Crippen LogP contribution in [0, 0.1) is 5.82 Å². The standard InChI is InChI=1S/C14H19FN2O4/c1-9(18)16-12(14(19)20)8-17(2)7-10-4-5-13(21-3)11(15)6-10/h4-6,12H,7-8H2,1-3H3,(H,16,18)(H,19,20). The van der Waals surface area contributed by atoms with Crippen molar-refractivity contribution in [1.82, 2.24) is 10.2 Å². The summed E-state index contributed by atoms with van der Waals surface area (Å²) in [4.78, 5) is 23.7. The average molecular weight is 298 g/mol. The van der Waals surface area contributed by atoms with E-state index in [0.29, 0.717) is 12.1 Å². The zero-order chi connectivity index (χ0) is 16.0. The fraction of sp³-hybridized carbons (Fsp3) is 0.429. The van der Waals surface area contributed by atoms with E-state index in [-0.39, 0.29) is 12.3 Å². The van der Waals surface area contributed by atoms with E-state index in [1.807, 2.05) is 0 Å². The Morgan fingerprint density at radius 2 is 2.14 bits per heavy atom. The van der Waals surface area contributed by atoms with E-state index in [1.165, 1.54) is 26.2 Å². The molecular formula is C14H19FN2O4. The van der Waals surface area contributed by atoms with Crippen LogP contribution in [0.15, 0.2) is 18.2 Å². The van der Waals surface area contributed by atoms with Gasteiger partial charge in [0, 0.05) is 20.0 Å². The lowest BCUT2D eigenvalue weighted by Gasteiger charge is -2.22. The molecule has 0 fully saturated rings. The molecule has 0 heterocycles. The van der Waals surface area contributed by atoms with Crippen molar-refractivity contribution in [3.63, 3.8) is 0 Å². The number of benzene rings is 1. The van der Waals surface area contributed by atoms with Crippen LogP contribution in [0.1, 0.15) is 12.5 Å². The van der Waals surface area contributed by atoms with Crippen LogP contribution in [-0.2, 0) is 16.1 Å². The molecule has 0 aliphatic rings. The minimum atomic E-state index is -1.11. The molecule has 21 heavy (non-hydrogen) atoms. The maximum atomic E-state index is 13.6. The van der Waals surface area contributed by atoms with Gasteiger partial charge in [-0.15, -0.1) is 0 Å². The Hall–Kier alpha value is -2.15. The Morgan fingerprint density at radius 3 is 2.62 bits per heavy atom. The first-order valence-corrected chi connectivity index (χ1v) is 6.34. The van der Waals surface area contributed by atoms with Crippen LogP contribution >= 0.6 is 0 Å². The molecule has 2 N–H and O–H groups in total. The first-order chi connectivity index (χ1) is 9.83. The molecule has 0 saturated heterocycles. The molecule has 7 heteroatoms. The number of hydrogen-bond donors (Lipinski definition) is 2. The third-order valence-electron chi connectivity index (χ3n) is 2.84. The van der Waals surface area contributed by atoms with Crippen molar-refractivity contribution < 1.29 is 23.8 Å². The summed E-state index contributed by atoms with van der Waals surface area (Å²) in [7, 11) is 3.08. The molecule has 0 saturated carbocycles. The second-order valence-electron chi connectivity index (χ2n) is 4.76. The van der Waals surface area contributed by atoms with E-state index >= 15 is 0 Å². The van der Waals surface area contributed by atoms with Crippen LogP contribution in [0.3, 0.4) is 0 Å². The highest BCUT2D eigenvalue weighted by atomic mass is 19.1. The maximum absolute atomic E-state index is 13.6. The van der Waals surface area contributed by atoms with E-state index in [2.05, 4.69) is 5.32 Å². The van der Waals surface area contributed by atoms with Gasteiger partial charge >= 0.3 is 5.97 Å². The summed E-state index contributed by atoms with van der Waals surface area (Å²) in [5.41, 5.74) is 0.683. The number of nitrogens with one attached hydrogen (secondary N) is 1. The van der Waals surface area contributed by atoms with Crippen molar-refractivity contribution in [2.24, 2.45) is 0 Å². The van der Waals surface area contributed by atoms with Gasteiger partial charge in [-0.2, -0.15) is 0 Å². The topological polar surface area (TPSA) is 78.9 Å². The number of likely N-dealkylation sites (N-methyl/N-ethyl adjacent to an activating group) is 1. The van der Waals surface area contributed by atoms with E-state index in [9.17, 15) is 14.0 Å². The van der Waals surface area contributed by atoms with Crippen molar-refractivity contribution >= 4 is 11.9 Å². The molecule has 0 aromatic heterocycles. The van der Waals surface area contributed by atoms with Crippen molar-refractivity contribution in [1.29, 1.82) is 0 Å². The van der Waals surface area contributed by atoms with Gasteiger partial charge in [0.25, 0.3) is 0 Å². The Morgan fingerprint density at radius 1 is 1.48 bits per heavy atom. The van der Waals surface area contributed by atoms with Crippen molar-refractivity contribution in [3.05, 3.63) is 29.6 Å². The molecule has 1 aromatic rings. The summed E-state index contributed by atoms with van der Waals surface area (Å²) >= 11 is 0. The number of rotatable bonds is 7. The molecule has 1 rings (SSSR count). The summed E-state index contributed by atoms with van der Waals surface area (Å²) in [5, 5.41) is 11.4. The average Bonchev–Trinajstić information content (AvgIpc) is 2.37. The van der Waals surface area contributed by atoms with Crippen molar-refractivity contribution in [2.75, 3.05) is 20.7 Å². The van der Waals surface area contributed by atoms with Gasteiger partial charge in [0.05, 0.1) is 7.11 Å². The van der Waals surface area contributed by atoms with E-state index in [4.69, 9.17) is 9.84 Å². The molecule has 0 radical (unpaired) electrons. The number of amides is 1. The highest BCUT2D eigenvalue weighted by molar-refractivity contribution is 5.82. The van der Waals surface area contributed by atoms with Gasteiger partial charge in [-0.25, -0.2) is 9.18 Å². The fourth-order valence-electron chi connectivity index (χ4n) is 1.93. The second kappa shape index (κ2) is 7.58. The minimum Gasteiger partial charge on any atom is -0.494 e. The van der Waals surface area contributed by atoms with Gasteiger partial charge in [0.1, 0.15) is 6.04 Å². The predicted octanol–water partition coefficient (Wildman–Crippen LogP) is 0.855. The Labute approximate surface area is 122 Å². The Bertz CT molecular complexity index is 522. The molecular weight excluding hydrogens is 279 g/mol. The minimum absolute atomic E-state index is 0.114. The van der Waals surface area contributed by atoms with Crippen molar-refractivity contribution in [3.8, 4) is 5.75 Å². The smallest absolute Gasteiger partial charge is 0.327 e. The van der Waals surface area contributed by atoms with Crippen LogP contribution in [-0.4, -0.2) is 48.6 Å². The molecule has 1 amide bonds. The highest BCUT2D eigenvalue weighted by Crippen LogP contribution is 2.18. The third-order valence-corrected chi connectivity index (χ3v) is 2.84. The number of carboxylic acid groups (broad SMARTS) is 1. The summed E-state index contributed by atoms with van der Waals surface area (Å²) in [6, 6.07) is 3.55. The number of carbonyl (C=O) groups is 2. The first kappa shape index (κ1) is 16.9. The van der Waals surface area contributed by atoms with Gasteiger partial charge in [-0.1, -0.05) is 6.07 Å². The number of hydrogen-bond acceptors (Lipinski definition) is 4. The highest BCUT2D eigenvalue weighted by Gasteiger charge is 2.20. The maximum Gasteiger partial charge on any atom is 0.327 e. The van der Waals surface area contributed by atoms with Gasteiger partial charge in [-0.3, -0.25) is 9.69 Å². The lowest BCUT2D eigenvalue weighted by Crippen LogP contribution is -2.46. The number of carboxylic acids is 1. The zero-order valence-electron chi connectivity index (χ0n) is 12.2. The molecule has 116 valence electrons. The van der Waals surface area contributed by atoms with Crippen LogP contribution in [0.2, 0.25) is 0 Å². The Kier molecular flexibility index (Phi) is 6.10. The summed E-state index contributed by atoms with van der Waals surface area (Å²) < 4.78 is 18.4. The molecule has 6 nitrogen and oxygen atoms in total. The van der Waals surface area contributed by atoms with Crippen LogP contribution < -0.4 is 10.1 Å². The van der Waals surface area contributed by atoms with Gasteiger partial charge in [0.2, 0.25) is 5.91 Å². The summed E-state index contributed by atoms with van der Waals surface area (Å²) in [6.07, 6.45) is 0. The second-order valence-corrected chi connectivity index (χ2v) is 4.76. The van der Waals surface area contributed by atoms with Crippen LogP contribution in [0.25, 0.3) is 0 Å². The fourth-order valence-corrected chi connectivity index (χ4v) is 1.93. The lowest BCUT2D eigenvalue weighted by atomic mass is 10.2. The number of nitrogens with zero attached hydrogens (tertiary/aromatic N) is 1. The molecule has 0 aliphatic carbocycles. The Balaban J connectivity index is 2.67. The quantitative estimate of drug-likeness (QED) is 0.780. The van der Waals surface area contributed by atoms with Gasteiger partial charge in [0.15, 0.2) is 11.6 Å². The lowest BCUT2D eigenvalue weighted by molar-refractivity contribution is -0.142. The van der Waals surface area contributed by atoms with Crippen molar-refractivity contribution in [2.45, 2.75) is 19.5 Å². The van der Waals surface area contributed by atoms with E-state index in [1.54, 1.807) is 18.0 Å². The predicted molar refractivity (Wildman–Crippen MR) is 74.5 cm³/mol. The third kappa shape index (κ3) is 5.39.